The zero-order valence-electron chi connectivity index (χ0n) is 27.2. The lowest BCUT2D eigenvalue weighted by Crippen LogP contribution is -2.34. The average molecular weight is 692 g/mol. The number of amides is 4. The van der Waals surface area contributed by atoms with Gasteiger partial charge in [-0.2, -0.15) is 0 Å². The highest BCUT2D eigenvalue weighted by Crippen LogP contribution is 2.19. The van der Waals surface area contributed by atoms with Gasteiger partial charge in [0.15, 0.2) is 5.69 Å². The van der Waals surface area contributed by atoms with E-state index in [0.717, 1.165) is 11.8 Å². The summed E-state index contributed by atoms with van der Waals surface area (Å²) in [6.45, 7) is -0.541. The van der Waals surface area contributed by atoms with Crippen LogP contribution >= 0.6 is 0 Å². The first-order chi connectivity index (χ1) is 24.6. The molecule has 7 N–H and O–H groups in total. The summed E-state index contributed by atoms with van der Waals surface area (Å²) in [6, 6.07) is 26.6. The van der Waals surface area contributed by atoms with Crippen molar-refractivity contribution >= 4 is 52.5 Å². The molecule has 0 aliphatic heterocycles. The Bertz CT molecular complexity index is 2050. The van der Waals surface area contributed by atoms with Crippen molar-refractivity contribution in [3.05, 3.63) is 131 Å². The molecule has 4 aromatic carbocycles. The Morgan fingerprint density at radius 3 is 1.78 bits per heavy atom. The number of ether oxygens (including phenoxy) is 1. The number of nitrogens with two attached hydrogens (primary N) is 2. The molecule has 16 nitrogen and oxygen atoms in total. The summed E-state index contributed by atoms with van der Waals surface area (Å²) in [7, 11) is 1.13. The predicted octanol–water partition coefficient (Wildman–Crippen LogP) is 3.60. The van der Waals surface area contributed by atoms with Crippen molar-refractivity contribution < 1.29 is 33.5 Å². The lowest BCUT2D eigenvalue weighted by Gasteiger charge is -2.19. The van der Waals surface area contributed by atoms with Gasteiger partial charge < -0.3 is 37.0 Å². The molecule has 16 heteroatoms. The van der Waals surface area contributed by atoms with Crippen molar-refractivity contribution in [3.63, 3.8) is 0 Å². The van der Waals surface area contributed by atoms with Crippen LogP contribution < -0.4 is 27.4 Å². The Morgan fingerprint density at radius 1 is 0.725 bits per heavy atom. The van der Waals surface area contributed by atoms with Crippen molar-refractivity contribution in [2.75, 3.05) is 29.2 Å². The fourth-order valence-electron chi connectivity index (χ4n) is 4.58. The largest absolute Gasteiger partial charge is 0.451 e. The Kier molecular flexibility index (Phi) is 11.2. The number of carbonyl (C=O) groups is 5. The molecular weight excluding hydrogens is 658 g/mol. The highest BCUT2D eigenvalue weighted by Gasteiger charge is 2.22. The van der Waals surface area contributed by atoms with E-state index in [1.807, 2.05) is 0 Å². The van der Waals surface area contributed by atoms with Crippen molar-refractivity contribution in [1.82, 2.24) is 25.4 Å². The van der Waals surface area contributed by atoms with Gasteiger partial charge in [0.1, 0.15) is 6.54 Å². The lowest BCUT2D eigenvalue weighted by atomic mass is 10.1. The van der Waals surface area contributed by atoms with Gasteiger partial charge in [-0.3, -0.25) is 14.4 Å². The van der Waals surface area contributed by atoms with Crippen LogP contribution in [-0.2, 0) is 34.0 Å². The van der Waals surface area contributed by atoms with E-state index in [9.17, 15) is 24.0 Å². The molecule has 0 bridgehead atoms. The fraction of sp³-hybridized carbons (Fsp3) is 0.114. The number of methoxy groups -OCH3 is 1. The van der Waals surface area contributed by atoms with Gasteiger partial charge >= 0.3 is 12.1 Å². The normalized spacial score (nSPS) is 10.5. The average Bonchev–Trinajstić information content (AvgIpc) is 3.60. The number of anilines is 4. The summed E-state index contributed by atoms with van der Waals surface area (Å²) < 4.78 is 5.82. The Balaban J connectivity index is 1.10. The van der Waals surface area contributed by atoms with Crippen molar-refractivity contribution in [1.29, 1.82) is 0 Å². The second-order valence-electron chi connectivity index (χ2n) is 10.9. The maximum Gasteiger partial charge on any atom is 0.443 e. The predicted molar refractivity (Wildman–Crippen MR) is 186 cm³/mol. The summed E-state index contributed by atoms with van der Waals surface area (Å²) in [5, 5.41) is 16.5. The van der Waals surface area contributed by atoms with E-state index in [2.05, 4.69) is 26.3 Å². The van der Waals surface area contributed by atoms with Crippen molar-refractivity contribution in [2.24, 2.45) is 0 Å². The minimum absolute atomic E-state index is 0.0665. The molecule has 0 fully saturated rings. The first-order valence-electron chi connectivity index (χ1n) is 15.3. The fourth-order valence-corrected chi connectivity index (χ4v) is 4.58. The zero-order valence-corrected chi connectivity index (χ0v) is 27.2. The summed E-state index contributed by atoms with van der Waals surface area (Å²) >= 11 is 0. The number of para-hydroxylation sites is 4. The second-order valence-corrected chi connectivity index (χ2v) is 10.9. The molecule has 0 atom stereocenters. The molecule has 0 saturated carbocycles. The highest BCUT2D eigenvalue weighted by molar-refractivity contribution is 6.06. The van der Waals surface area contributed by atoms with Crippen LogP contribution in [0.1, 0.15) is 42.3 Å². The number of hydrogen-bond acceptors (Lipinski definition) is 11. The summed E-state index contributed by atoms with van der Waals surface area (Å²) in [5.41, 5.74) is 15.5. The lowest BCUT2D eigenvalue weighted by molar-refractivity contribution is -0.184. The maximum atomic E-state index is 12.7. The molecule has 0 aliphatic carbocycles. The standard InChI is InChI=1S/C35H33N9O7/c1-50-35(49)44(19-23-12-16-25(17-13-23)33(47)40-29-9-5-3-7-27(29)37)51-31(45)21-43-20-30(41-42-43)34(48)38-18-22-10-14-24(15-11-22)32(46)39-28-8-4-2-6-26(28)36/h2-17,20H,18-19,21,36-37H2,1H3,(H,38,48)(H,39,46)(H,40,47). The van der Waals surface area contributed by atoms with Crippen LogP contribution in [0.2, 0.25) is 0 Å². The topological polar surface area (TPSA) is 226 Å². The molecular formula is C35H33N9O7. The molecule has 0 unspecified atom stereocenters. The van der Waals surface area contributed by atoms with Crippen LogP contribution in [0.4, 0.5) is 27.5 Å². The van der Waals surface area contributed by atoms with Crippen LogP contribution in [0.3, 0.4) is 0 Å². The smallest absolute Gasteiger partial charge is 0.443 e. The van der Waals surface area contributed by atoms with E-state index in [1.54, 1.807) is 97.1 Å². The van der Waals surface area contributed by atoms with E-state index < -0.39 is 24.5 Å². The Hall–Kier alpha value is -7.23. The first-order valence-corrected chi connectivity index (χ1v) is 15.3. The number of hydrogen-bond donors (Lipinski definition) is 5. The number of carbonyl (C=O) groups excluding carboxylic acids is 5. The van der Waals surface area contributed by atoms with Gasteiger partial charge in [-0.15, -0.1) is 10.2 Å². The molecule has 0 aliphatic rings. The van der Waals surface area contributed by atoms with Gasteiger partial charge in [0, 0.05) is 17.7 Å². The Labute approximate surface area is 291 Å². The summed E-state index contributed by atoms with van der Waals surface area (Å²) in [6.07, 6.45) is 0.298. The van der Waals surface area contributed by atoms with Gasteiger partial charge in [0.05, 0.1) is 42.6 Å². The minimum Gasteiger partial charge on any atom is -0.451 e. The molecule has 4 amide bonds. The van der Waals surface area contributed by atoms with E-state index in [1.165, 1.54) is 6.20 Å². The van der Waals surface area contributed by atoms with Gasteiger partial charge in [-0.05, 0) is 59.7 Å². The highest BCUT2D eigenvalue weighted by atomic mass is 16.7. The zero-order chi connectivity index (χ0) is 36.3. The van der Waals surface area contributed by atoms with E-state index in [-0.39, 0.29) is 30.6 Å². The maximum absolute atomic E-state index is 12.7. The van der Waals surface area contributed by atoms with E-state index >= 15 is 0 Å². The summed E-state index contributed by atoms with van der Waals surface area (Å²) in [4.78, 5) is 68.2. The molecule has 51 heavy (non-hydrogen) atoms. The van der Waals surface area contributed by atoms with E-state index in [0.29, 0.717) is 50.1 Å². The number of benzene rings is 4. The molecule has 260 valence electrons. The second kappa shape index (κ2) is 16.2. The Morgan fingerprint density at radius 2 is 1.25 bits per heavy atom. The first kappa shape index (κ1) is 35.1. The molecule has 5 rings (SSSR count). The molecule has 1 heterocycles. The molecule has 0 saturated heterocycles. The van der Waals surface area contributed by atoms with Crippen LogP contribution in [0.15, 0.2) is 103 Å². The van der Waals surface area contributed by atoms with E-state index in [4.69, 9.17) is 21.0 Å². The van der Waals surface area contributed by atoms with Crippen molar-refractivity contribution in [3.8, 4) is 0 Å². The molecule has 1 aromatic heterocycles. The molecule has 0 radical (unpaired) electrons. The number of nitrogen functional groups attached to an aromatic ring is 2. The van der Waals surface area contributed by atoms with Crippen LogP contribution in [0.5, 0.6) is 0 Å². The van der Waals surface area contributed by atoms with Crippen molar-refractivity contribution in [2.45, 2.75) is 19.6 Å². The third-order valence-electron chi connectivity index (χ3n) is 7.28. The SMILES string of the molecule is COC(=O)N(Cc1ccc(C(=O)Nc2ccccc2N)cc1)OC(=O)Cn1cc(C(=O)NCc2ccc(C(=O)Nc3ccccc3N)cc2)nn1. The molecule has 5 aromatic rings. The van der Waals surface area contributed by atoms with Gasteiger partial charge in [0.2, 0.25) is 0 Å². The van der Waals surface area contributed by atoms with Crippen LogP contribution in [0.25, 0.3) is 0 Å². The van der Waals surface area contributed by atoms with Gasteiger partial charge in [0.25, 0.3) is 17.7 Å². The summed E-state index contributed by atoms with van der Waals surface area (Å²) in [5.74, 6) is -2.18. The quantitative estimate of drug-likeness (QED) is 0.0993. The third-order valence-corrected chi connectivity index (χ3v) is 7.28. The minimum atomic E-state index is -0.946. The van der Waals surface area contributed by atoms with Crippen LogP contribution in [0, 0.1) is 0 Å². The number of aromatic nitrogens is 3. The number of hydroxylamine groups is 2. The monoisotopic (exact) mass is 691 g/mol. The van der Waals surface area contributed by atoms with Gasteiger partial charge in [-0.25, -0.2) is 14.3 Å². The molecule has 0 spiro atoms. The number of rotatable bonds is 11. The van der Waals surface area contributed by atoms with Gasteiger partial charge in [-0.1, -0.05) is 53.7 Å². The number of nitrogens with zero attached hydrogens (tertiary/aromatic N) is 4. The third kappa shape index (κ3) is 9.44. The number of nitrogens with one attached hydrogen (secondary N) is 3. The van der Waals surface area contributed by atoms with Crippen LogP contribution in [-0.4, -0.2) is 57.0 Å².